The van der Waals surface area contributed by atoms with Crippen molar-refractivity contribution in [3.8, 4) is 0 Å². The second kappa shape index (κ2) is 3.95. The first-order chi connectivity index (χ1) is 6.26. The van der Waals surface area contributed by atoms with Crippen LogP contribution in [0.1, 0.15) is 40.0 Å². The second-order valence-electron chi connectivity index (χ2n) is 5.89. The molecule has 0 amide bonds. The molecular formula is C11H24O2Si. The van der Waals surface area contributed by atoms with Gasteiger partial charge in [-0.2, -0.15) is 0 Å². The molecular weight excluding hydrogens is 192 g/mol. The van der Waals surface area contributed by atoms with E-state index >= 15 is 0 Å². The van der Waals surface area contributed by atoms with Crippen LogP contribution < -0.4 is 0 Å². The van der Waals surface area contributed by atoms with Gasteiger partial charge in [0.2, 0.25) is 0 Å². The van der Waals surface area contributed by atoms with Crippen LogP contribution in [0.15, 0.2) is 0 Å². The molecule has 1 rings (SSSR count). The third kappa shape index (κ3) is 2.58. The van der Waals surface area contributed by atoms with Crippen LogP contribution in [0, 0.1) is 5.41 Å². The number of hydrogen-bond donors (Lipinski definition) is 1. The summed E-state index contributed by atoms with van der Waals surface area (Å²) in [6.07, 6.45) is 2.99. The molecule has 84 valence electrons. The monoisotopic (exact) mass is 216 g/mol. The zero-order valence-corrected chi connectivity index (χ0v) is 11.3. The first-order valence-electron chi connectivity index (χ1n) is 5.63. The Balaban J connectivity index is 2.71. The molecule has 1 saturated carbocycles. The van der Waals surface area contributed by atoms with Crippen molar-refractivity contribution in [1.82, 2.24) is 0 Å². The molecule has 0 heterocycles. The van der Waals surface area contributed by atoms with E-state index in [2.05, 4.69) is 33.9 Å². The SMILES string of the molecule is C[SiH](C)OC(C(C)(C)C)C1(O)CCC1. The second-order valence-corrected chi connectivity index (χ2v) is 8.26. The third-order valence-electron chi connectivity index (χ3n) is 2.90. The number of aliphatic hydroxyl groups is 1. The lowest BCUT2D eigenvalue weighted by Gasteiger charge is -2.49. The maximum absolute atomic E-state index is 10.4. The summed E-state index contributed by atoms with van der Waals surface area (Å²) in [4.78, 5) is 0. The molecule has 1 fully saturated rings. The highest BCUT2D eigenvalue weighted by atomic mass is 28.3. The van der Waals surface area contributed by atoms with Crippen molar-refractivity contribution in [2.75, 3.05) is 0 Å². The normalized spacial score (nSPS) is 23.4. The molecule has 0 aliphatic heterocycles. The molecule has 0 spiro atoms. The lowest BCUT2D eigenvalue weighted by molar-refractivity contribution is -0.151. The molecule has 0 aromatic carbocycles. The van der Waals surface area contributed by atoms with Crippen molar-refractivity contribution >= 4 is 9.04 Å². The average molecular weight is 216 g/mol. The van der Waals surface area contributed by atoms with Crippen molar-refractivity contribution in [2.45, 2.75) is 64.8 Å². The summed E-state index contributed by atoms with van der Waals surface area (Å²) < 4.78 is 6.01. The van der Waals surface area contributed by atoms with Crippen LogP contribution in [0.5, 0.6) is 0 Å². The van der Waals surface area contributed by atoms with E-state index in [-0.39, 0.29) is 11.5 Å². The summed E-state index contributed by atoms with van der Waals surface area (Å²) >= 11 is 0. The van der Waals surface area contributed by atoms with Crippen molar-refractivity contribution in [3.05, 3.63) is 0 Å². The van der Waals surface area contributed by atoms with Gasteiger partial charge in [-0.05, 0) is 37.8 Å². The van der Waals surface area contributed by atoms with E-state index in [1.165, 1.54) is 0 Å². The highest BCUT2D eigenvalue weighted by molar-refractivity contribution is 6.48. The van der Waals surface area contributed by atoms with Gasteiger partial charge in [-0.3, -0.25) is 0 Å². The maximum atomic E-state index is 10.4. The smallest absolute Gasteiger partial charge is 0.171 e. The van der Waals surface area contributed by atoms with Gasteiger partial charge >= 0.3 is 0 Å². The Hall–Kier alpha value is 0.137. The van der Waals surface area contributed by atoms with E-state index in [0.717, 1.165) is 19.3 Å². The van der Waals surface area contributed by atoms with Gasteiger partial charge < -0.3 is 9.53 Å². The first-order valence-corrected chi connectivity index (χ1v) is 8.41. The molecule has 14 heavy (non-hydrogen) atoms. The lowest BCUT2D eigenvalue weighted by Crippen LogP contribution is -2.56. The predicted octanol–water partition coefficient (Wildman–Crippen LogP) is 2.32. The summed E-state index contributed by atoms with van der Waals surface area (Å²) in [7, 11) is -1.07. The molecule has 0 bridgehead atoms. The lowest BCUT2D eigenvalue weighted by atomic mass is 9.68. The van der Waals surface area contributed by atoms with Crippen LogP contribution in [-0.2, 0) is 4.43 Å². The minimum atomic E-state index is -1.07. The highest BCUT2D eigenvalue weighted by Crippen LogP contribution is 2.43. The van der Waals surface area contributed by atoms with E-state index < -0.39 is 14.6 Å². The van der Waals surface area contributed by atoms with Crippen LogP contribution >= 0.6 is 0 Å². The van der Waals surface area contributed by atoms with E-state index in [1.807, 2.05) is 0 Å². The Morgan fingerprint density at radius 1 is 1.29 bits per heavy atom. The van der Waals surface area contributed by atoms with E-state index in [9.17, 15) is 5.11 Å². The van der Waals surface area contributed by atoms with E-state index in [1.54, 1.807) is 0 Å². The fourth-order valence-electron chi connectivity index (χ4n) is 2.21. The Morgan fingerprint density at radius 3 is 2.00 bits per heavy atom. The van der Waals surface area contributed by atoms with E-state index in [0.29, 0.717) is 0 Å². The van der Waals surface area contributed by atoms with Crippen LogP contribution in [-0.4, -0.2) is 25.9 Å². The van der Waals surface area contributed by atoms with Crippen molar-refractivity contribution < 1.29 is 9.53 Å². The third-order valence-corrected chi connectivity index (χ3v) is 3.72. The summed E-state index contributed by atoms with van der Waals surface area (Å²) in [5.41, 5.74) is -0.484. The van der Waals surface area contributed by atoms with Gasteiger partial charge in [0.25, 0.3) is 0 Å². The summed E-state index contributed by atoms with van der Waals surface area (Å²) in [5.74, 6) is 0. The van der Waals surface area contributed by atoms with Crippen LogP contribution in [0.4, 0.5) is 0 Å². The minimum absolute atomic E-state index is 0.0235. The zero-order chi connectivity index (χ0) is 11.0. The fourth-order valence-corrected chi connectivity index (χ4v) is 3.42. The molecule has 1 aliphatic rings. The molecule has 0 aromatic heterocycles. The van der Waals surface area contributed by atoms with Crippen molar-refractivity contribution in [1.29, 1.82) is 0 Å². The van der Waals surface area contributed by atoms with Crippen LogP contribution in [0.2, 0.25) is 13.1 Å². The summed E-state index contributed by atoms with van der Waals surface area (Å²) in [6.45, 7) is 10.8. The average Bonchev–Trinajstić information content (AvgIpc) is 1.93. The molecule has 0 aromatic rings. The van der Waals surface area contributed by atoms with Gasteiger partial charge in [0.1, 0.15) is 0 Å². The molecule has 1 N–H and O–H groups in total. The summed E-state index contributed by atoms with van der Waals surface area (Å²) in [6, 6.07) is 0. The Morgan fingerprint density at radius 2 is 1.79 bits per heavy atom. The van der Waals surface area contributed by atoms with Gasteiger partial charge in [-0.25, -0.2) is 0 Å². The summed E-state index contributed by atoms with van der Waals surface area (Å²) in [5, 5.41) is 10.4. The highest BCUT2D eigenvalue weighted by Gasteiger charge is 2.48. The minimum Gasteiger partial charge on any atom is -0.414 e. The standard InChI is InChI=1S/C11H24O2Si/c1-10(2,3)9(13-14(4)5)11(12)7-6-8-11/h9,12,14H,6-8H2,1-5H3. The van der Waals surface area contributed by atoms with Crippen LogP contribution in [0.3, 0.4) is 0 Å². The van der Waals surface area contributed by atoms with Gasteiger partial charge in [0, 0.05) is 0 Å². The van der Waals surface area contributed by atoms with Gasteiger partial charge in [-0.15, -0.1) is 0 Å². The Bertz CT molecular complexity index is 192. The zero-order valence-electron chi connectivity index (χ0n) is 10.1. The molecule has 2 nitrogen and oxygen atoms in total. The molecule has 1 aliphatic carbocycles. The Labute approximate surface area is 89.4 Å². The molecule has 0 saturated heterocycles. The molecule has 0 radical (unpaired) electrons. The Kier molecular flexibility index (Phi) is 3.44. The van der Waals surface area contributed by atoms with Crippen molar-refractivity contribution in [3.63, 3.8) is 0 Å². The van der Waals surface area contributed by atoms with Gasteiger partial charge in [0.05, 0.1) is 11.7 Å². The molecule has 1 atom stereocenters. The number of rotatable bonds is 3. The fraction of sp³-hybridized carbons (Fsp3) is 1.00. The first kappa shape index (κ1) is 12.2. The van der Waals surface area contributed by atoms with Gasteiger partial charge in [0.15, 0.2) is 9.04 Å². The maximum Gasteiger partial charge on any atom is 0.171 e. The van der Waals surface area contributed by atoms with Crippen LogP contribution in [0.25, 0.3) is 0 Å². The molecule has 3 heteroatoms. The quantitative estimate of drug-likeness (QED) is 0.734. The van der Waals surface area contributed by atoms with Crippen molar-refractivity contribution in [2.24, 2.45) is 5.41 Å². The topological polar surface area (TPSA) is 29.5 Å². The predicted molar refractivity (Wildman–Crippen MR) is 62.0 cm³/mol. The molecule has 1 unspecified atom stereocenters. The number of hydrogen-bond acceptors (Lipinski definition) is 2. The van der Waals surface area contributed by atoms with E-state index in [4.69, 9.17) is 4.43 Å². The largest absolute Gasteiger partial charge is 0.414 e. The van der Waals surface area contributed by atoms with Gasteiger partial charge in [-0.1, -0.05) is 20.8 Å².